The Morgan fingerprint density at radius 3 is 2.72 bits per heavy atom. The molecule has 18 heavy (non-hydrogen) atoms. The summed E-state index contributed by atoms with van der Waals surface area (Å²) in [4.78, 5) is 4.50. The van der Waals surface area contributed by atoms with Crippen LogP contribution in [0.3, 0.4) is 0 Å². The van der Waals surface area contributed by atoms with Gasteiger partial charge in [-0.05, 0) is 38.0 Å². The maximum atomic E-state index is 5.86. The third-order valence-electron chi connectivity index (χ3n) is 3.82. The smallest absolute Gasteiger partial charge is 0.188 e. The summed E-state index contributed by atoms with van der Waals surface area (Å²) in [5, 5.41) is 3.17. The molecule has 1 aliphatic carbocycles. The Morgan fingerprint density at radius 2 is 2.17 bits per heavy atom. The molecule has 0 aromatic rings. The minimum atomic E-state index is 0.367. The Bertz CT molecular complexity index is 249. The molecule has 0 bridgehead atoms. The van der Waals surface area contributed by atoms with E-state index in [-0.39, 0.29) is 0 Å². The second-order valence-electron chi connectivity index (χ2n) is 5.28. The Labute approximate surface area is 111 Å². The quantitative estimate of drug-likeness (QED) is 0.377. The Hall–Kier alpha value is -0.770. The van der Waals surface area contributed by atoms with Crippen LogP contribution in [0.15, 0.2) is 4.99 Å². The summed E-state index contributed by atoms with van der Waals surface area (Å²) < 4.78 is 5.46. The summed E-state index contributed by atoms with van der Waals surface area (Å²) in [7, 11) is 0. The third-order valence-corrected chi connectivity index (χ3v) is 3.82. The number of hydrogen-bond donors (Lipinski definition) is 2. The molecule has 0 aromatic heterocycles. The molecule has 0 atom stereocenters. The molecule has 0 radical (unpaired) electrons. The van der Waals surface area contributed by atoms with E-state index in [0.29, 0.717) is 11.4 Å². The van der Waals surface area contributed by atoms with E-state index < -0.39 is 0 Å². The maximum Gasteiger partial charge on any atom is 0.188 e. The molecule has 0 unspecified atom stereocenters. The molecule has 0 saturated heterocycles. The van der Waals surface area contributed by atoms with E-state index in [4.69, 9.17) is 10.5 Å². The Kier molecular flexibility index (Phi) is 7.09. The van der Waals surface area contributed by atoms with E-state index in [1.807, 2.05) is 6.92 Å². The van der Waals surface area contributed by atoms with E-state index >= 15 is 0 Å². The van der Waals surface area contributed by atoms with E-state index in [0.717, 1.165) is 39.1 Å². The number of ether oxygens (including phenoxy) is 1. The highest BCUT2D eigenvalue weighted by Gasteiger charge is 2.36. The lowest BCUT2D eigenvalue weighted by Crippen LogP contribution is -2.37. The summed E-state index contributed by atoms with van der Waals surface area (Å²) >= 11 is 0. The number of nitrogens with zero attached hydrogens (tertiary/aromatic N) is 1. The number of nitrogens with two attached hydrogens (primary N) is 1. The first-order valence-corrected chi connectivity index (χ1v) is 7.34. The van der Waals surface area contributed by atoms with Crippen LogP contribution in [0.4, 0.5) is 0 Å². The summed E-state index contributed by atoms with van der Waals surface area (Å²) in [6.45, 7) is 7.66. The van der Waals surface area contributed by atoms with Crippen molar-refractivity contribution in [1.82, 2.24) is 5.32 Å². The first kappa shape index (κ1) is 15.3. The fourth-order valence-corrected chi connectivity index (χ4v) is 2.30. The van der Waals surface area contributed by atoms with Crippen LogP contribution in [0, 0.1) is 5.41 Å². The first-order valence-electron chi connectivity index (χ1n) is 7.34. The molecule has 106 valence electrons. The van der Waals surface area contributed by atoms with Crippen molar-refractivity contribution in [2.24, 2.45) is 16.1 Å². The van der Waals surface area contributed by atoms with E-state index in [1.165, 1.54) is 25.7 Å². The zero-order valence-corrected chi connectivity index (χ0v) is 12.0. The predicted molar refractivity (Wildman–Crippen MR) is 76.8 cm³/mol. The molecule has 0 spiro atoms. The van der Waals surface area contributed by atoms with Crippen LogP contribution in [-0.2, 0) is 4.74 Å². The second kappa shape index (κ2) is 8.35. The lowest BCUT2D eigenvalue weighted by atomic mass is 9.67. The molecule has 3 N–H and O–H groups in total. The van der Waals surface area contributed by atoms with Crippen molar-refractivity contribution in [2.75, 3.05) is 26.3 Å². The molecule has 1 aliphatic rings. The monoisotopic (exact) mass is 255 g/mol. The van der Waals surface area contributed by atoms with Gasteiger partial charge in [0.15, 0.2) is 5.96 Å². The van der Waals surface area contributed by atoms with Gasteiger partial charge in [0.1, 0.15) is 0 Å². The van der Waals surface area contributed by atoms with E-state index in [1.54, 1.807) is 0 Å². The van der Waals surface area contributed by atoms with Gasteiger partial charge in [-0.3, -0.25) is 4.99 Å². The fraction of sp³-hybridized carbons (Fsp3) is 0.929. The van der Waals surface area contributed by atoms with Crippen molar-refractivity contribution in [2.45, 2.75) is 52.4 Å². The van der Waals surface area contributed by atoms with Crippen molar-refractivity contribution in [1.29, 1.82) is 0 Å². The van der Waals surface area contributed by atoms with Crippen LogP contribution in [-0.4, -0.2) is 32.3 Å². The van der Waals surface area contributed by atoms with Gasteiger partial charge in [-0.15, -0.1) is 0 Å². The van der Waals surface area contributed by atoms with Gasteiger partial charge in [0.2, 0.25) is 0 Å². The van der Waals surface area contributed by atoms with Crippen LogP contribution in [0.25, 0.3) is 0 Å². The fourth-order valence-electron chi connectivity index (χ4n) is 2.30. The summed E-state index contributed by atoms with van der Waals surface area (Å²) in [5.74, 6) is 0.603. The zero-order valence-electron chi connectivity index (χ0n) is 12.0. The van der Waals surface area contributed by atoms with Crippen molar-refractivity contribution in [3.8, 4) is 0 Å². The molecule has 4 heteroatoms. The predicted octanol–water partition coefficient (Wildman–Crippen LogP) is 2.29. The average Bonchev–Trinajstić information content (AvgIpc) is 2.32. The molecular weight excluding hydrogens is 226 g/mol. The van der Waals surface area contributed by atoms with Gasteiger partial charge in [-0.2, -0.15) is 0 Å². The van der Waals surface area contributed by atoms with E-state index in [9.17, 15) is 0 Å². The van der Waals surface area contributed by atoms with Gasteiger partial charge in [0, 0.05) is 26.3 Å². The molecule has 1 fully saturated rings. The van der Waals surface area contributed by atoms with Gasteiger partial charge in [0.05, 0.1) is 0 Å². The highest BCUT2D eigenvalue weighted by atomic mass is 16.5. The van der Waals surface area contributed by atoms with Gasteiger partial charge in [-0.1, -0.05) is 19.8 Å². The summed E-state index contributed by atoms with van der Waals surface area (Å²) in [6, 6.07) is 0. The van der Waals surface area contributed by atoms with Crippen LogP contribution in [0.2, 0.25) is 0 Å². The minimum absolute atomic E-state index is 0.367. The summed E-state index contributed by atoms with van der Waals surface area (Å²) in [6.07, 6.45) is 7.30. The van der Waals surface area contributed by atoms with Crippen molar-refractivity contribution in [3.63, 3.8) is 0 Å². The van der Waals surface area contributed by atoms with Crippen LogP contribution in [0.5, 0.6) is 0 Å². The normalized spacial score (nSPS) is 18.4. The van der Waals surface area contributed by atoms with Gasteiger partial charge < -0.3 is 15.8 Å². The highest BCUT2D eigenvalue weighted by molar-refractivity contribution is 5.77. The summed E-state index contributed by atoms with van der Waals surface area (Å²) in [5.41, 5.74) is 6.23. The Morgan fingerprint density at radius 1 is 1.39 bits per heavy atom. The molecule has 1 saturated carbocycles. The standard InChI is InChI=1S/C14H29N3O/c1-3-5-10-16-13(15)17-12-14(7-6-8-14)9-11-18-4-2/h3-12H2,1-2H3,(H3,15,16,17). The number of rotatable bonds is 9. The van der Waals surface area contributed by atoms with Crippen molar-refractivity contribution >= 4 is 5.96 Å². The minimum Gasteiger partial charge on any atom is -0.382 e. The lowest BCUT2D eigenvalue weighted by molar-refractivity contribution is 0.0609. The largest absolute Gasteiger partial charge is 0.382 e. The van der Waals surface area contributed by atoms with Gasteiger partial charge in [-0.25, -0.2) is 0 Å². The van der Waals surface area contributed by atoms with Crippen molar-refractivity contribution < 1.29 is 4.74 Å². The molecule has 0 aromatic carbocycles. The zero-order chi connectivity index (χ0) is 13.3. The van der Waals surface area contributed by atoms with Gasteiger partial charge in [0.25, 0.3) is 0 Å². The van der Waals surface area contributed by atoms with Crippen molar-refractivity contribution in [3.05, 3.63) is 0 Å². The maximum absolute atomic E-state index is 5.86. The number of unbranched alkanes of at least 4 members (excludes halogenated alkanes) is 1. The van der Waals surface area contributed by atoms with Gasteiger partial charge >= 0.3 is 0 Å². The average molecular weight is 255 g/mol. The van der Waals surface area contributed by atoms with Crippen LogP contribution < -0.4 is 11.1 Å². The molecule has 0 aliphatic heterocycles. The molecule has 0 heterocycles. The lowest BCUT2D eigenvalue weighted by Gasteiger charge is -2.40. The SMILES string of the molecule is CCCCNC(N)=NCC1(CCOCC)CCC1. The topological polar surface area (TPSA) is 59.6 Å². The molecular formula is C14H29N3O. The number of guanidine groups is 1. The highest BCUT2D eigenvalue weighted by Crippen LogP contribution is 2.44. The molecule has 0 amide bonds. The number of nitrogens with one attached hydrogen (secondary N) is 1. The number of aliphatic imine (C=N–C) groups is 1. The van der Waals surface area contributed by atoms with Crippen LogP contribution >= 0.6 is 0 Å². The Balaban J connectivity index is 2.26. The second-order valence-corrected chi connectivity index (χ2v) is 5.28. The third kappa shape index (κ3) is 5.25. The molecule has 4 nitrogen and oxygen atoms in total. The first-order chi connectivity index (χ1) is 8.72. The van der Waals surface area contributed by atoms with E-state index in [2.05, 4.69) is 17.2 Å². The molecule has 1 rings (SSSR count). The van der Waals surface area contributed by atoms with Crippen LogP contribution in [0.1, 0.15) is 52.4 Å². The number of hydrogen-bond acceptors (Lipinski definition) is 2.